The van der Waals surface area contributed by atoms with Gasteiger partial charge in [-0.2, -0.15) is 16.8 Å². The van der Waals surface area contributed by atoms with Gasteiger partial charge in [0.05, 0.1) is 11.5 Å². The molecular weight excluding hydrogens is 292 g/mol. The van der Waals surface area contributed by atoms with Gasteiger partial charge in [-0.1, -0.05) is 0 Å². The van der Waals surface area contributed by atoms with Gasteiger partial charge in [-0.05, 0) is 24.9 Å². The zero-order valence-corrected chi connectivity index (χ0v) is 15.5. The summed E-state index contributed by atoms with van der Waals surface area (Å²) in [4.78, 5) is 0. The normalized spacial score (nSPS) is 24.8. The van der Waals surface area contributed by atoms with Crippen LogP contribution in [0.4, 0.5) is 0 Å². The Bertz CT molecular complexity index is 391. The second-order valence-electron chi connectivity index (χ2n) is 3.68. The van der Waals surface area contributed by atoms with Gasteiger partial charge in [0.15, 0.2) is 0 Å². The zero-order valence-electron chi connectivity index (χ0n) is 11.8. The van der Waals surface area contributed by atoms with E-state index in [4.69, 9.17) is 9.11 Å². The summed E-state index contributed by atoms with van der Waals surface area (Å²) in [5.41, 5.74) is 0. The van der Waals surface area contributed by atoms with E-state index in [2.05, 4.69) is 5.32 Å². The zero-order chi connectivity index (χ0) is 11.7. The Balaban J connectivity index is -0.000000281. The molecule has 0 bridgehead atoms. The Morgan fingerprint density at radius 2 is 1.24 bits per heavy atom. The smallest absolute Gasteiger partial charge is 1.00 e. The molecule has 0 aliphatic carbocycles. The standard InChI is InChI=1S/C6H13NO6S2.2Na.2H/c8-14(9,10)3-5-1-7-2-6(5)4-15(11,12)13;;;;/h5-7H,1-4H2,(H,8,9,10)(H,11,12,13);;;;/q;2*+1;2*-1. The summed E-state index contributed by atoms with van der Waals surface area (Å²) in [6.45, 7) is 0.639. The van der Waals surface area contributed by atoms with Gasteiger partial charge in [0.25, 0.3) is 20.2 Å². The third kappa shape index (κ3) is 9.33. The molecule has 0 aromatic rings. The van der Waals surface area contributed by atoms with E-state index >= 15 is 0 Å². The molecule has 1 aliphatic heterocycles. The topological polar surface area (TPSA) is 121 Å². The van der Waals surface area contributed by atoms with Gasteiger partial charge in [0.2, 0.25) is 0 Å². The summed E-state index contributed by atoms with van der Waals surface area (Å²) < 4.78 is 59.7. The fraction of sp³-hybridized carbons (Fsp3) is 1.00. The maximum atomic E-state index is 10.6. The molecule has 1 fully saturated rings. The minimum Gasteiger partial charge on any atom is -1.00 e. The van der Waals surface area contributed by atoms with Gasteiger partial charge in [0.1, 0.15) is 0 Å². The summed E-state index contributed by atoms with van der Waals surface area (Å²) >= 11 is 0. The second kappa shape index (κ2) is 8.15. The first-order chi connectivity index (χ1) is 6.67. The SMILES string of the molecule is O=S(=O)(O)CC1CNCC1CS(=O)(=O)O.[H-].[H-].[Na+].[Na+]. The minimum atomic E-state index is -4.11. The van der Waals surface area contributed by atoms with Crippen LogP contribution in [0.25, 0.3) is 0 Å². The molecule has 17 heavy (non-hydrogen) atoms. The van der Waals surface area contributed by atoms with E-state index in [-0.39, 0.29) is 62.0 Å². The van der Waals surface area contributed by atoms with Crippen molar-refractivity contribution in [2.75, 3.05) is 24.6 Å². The van der Waals surface area contributed by atoms with E-state index in [1.807, 2.05) is 0 Å². The van der Waals surface area contributed by atoms with Gasteiger partial charge in [-0.3, -0.25) is 9.11 Å². The third-order valence-corrected chi connectivity index (χ3v) is 4.03. The van der Waals surface area contributed by atoms with Crippen molar-refractivity contribution in [1.82, 2.24) is 5.32 Å². The third-order valence-electron chi connectivity index (χ3n) is 2.33. The van der Waals surface area contributed by atoms with Crippen LogP contribution in [-0.2, 0) is 20.2 Å². The van der Waals surface area contributed by atoms with Crippen LogP contribution >= 0.6 is 0 Å². The van der Waals surface area contributed by atoms with Crippen molar-refractivity contribution in [3.05, 3.63) is 0 Å². The number of rotatable bonds is 4. The van der Waals surface area contributed by atoms with Gasteiger partial charge in [-0.15, -0.1) is 0 Å². The molecule has 0 radical (unpaired) electrons. The molecule has 0 spiro atoms. The molecule has 0 aromatic carbocycles. The Morgan fingerprint density at radius 3 is 1.47 bits per heavy atom. The molecule has 3 N–H and O–H groups in total. The van der Waals surface area contributed by atoms with E-state index in [9.17, 15) is 16.8 Å². The average molecular weight is 307 g/mol. The first-order valence-corrected chi connectivity index (χ1v) is 7.50. The van der Waals surface area contributed by atoms with E-state index in [0.29, 0.717) is 13.1 Å². The first-order valence-electron chi connectivity index (χ1n) is 4.28. The average Bonchev–Trinajstić information content (AvgIpc) is 2.29. The number of hydrogen-bond acceptors (Lipinski definition) is 5. The molecule has 0 amide bonds. The molecule has 1 heterocycles. The maximum Gasteiger partial charge on any atom is 1.00 e. The van der Waals surface area contributed by atoms with E-state index < -0.39 is 43.6 Å². The van der Waals surface area contributed by atoms with E-state index in [1.54, 1.807) is 0 Å². The van der Waals surface area contributed by atoms with E-state index in [0.717, 1.165) is 0 Å². The van der Waals surface area contributed by atoms with Crippen LogP contribution < -0.4 is 64.4 Å². The van der Waals surface area contributed by atoms with Gasteiger partial charge in [-0.25, -0.2) is 0 Å². The quantitative estimate of drug-likeness (QED) is 0.348. The van der Waals surface area contributed by atoms with Crippen LogP contribution in [0.5, 0.6) is 0 Å². The maximum absolute atomic E-state index is 10.6. The van der Waals surface area contributed by atoms with Crippen LogP contribution in [0, 0.1) is 11.8 Å². The fourth-order valence-electron chi connectivity index (χ4n) is 1.72. The molecule has 0 aromatic heterocycles. The molecule has 94 valence electrons. The summed E-state index contributed by atoms with van der Waals surface area (Å²) in [5, 5.41) is 2.82. The van der Waals surface area contributed by atoms with Crippen LogP contribution in [0.2, 0.25) is 0 Å². The molecular formula is C6H15NNa2O6S2. The van der Waals surface area contributed by atoms with Crippen molar-refractivity contribution >= 4 is 20.2 Å². The predicted molar refractivity (Wildman–Crippen MR) is 54.9 cm³/mol. The molecule has 0 saturated carbocycles. The van der Waals surface area contributed by atoms with Crippen LogP contribution in [0.1, 0.15) is 2.85 Å². The molecule has 2 unspecified atom stereocenters. The molecule has 1 saturated heterocycles. The van der Waals surface area contributed by atoms with Gasteiger partial charge in [0, 0.05) is 0 Å². The monoisotopic (exact) mass is 307 g/mol. The van der Waals surface area contributed by atoms with Crippen LogP contribution in [0.3, 0.4) is 0 Å². The minimum absolute atomic E-state index is 0. The Kier molecular flexibility index (Phi) is 10.1. The largest absolute Gasteiger partial charge is 1.00 e. The Labute approximate surface area is 148 Å². The summed E-state index contributed by atoms with van der Waals surface area (Å²) in [5.74, 6) is -1.94. The van der Waals surface area contributed by atoms with Crippen molar-refractivity contribution in [3.63, 3.8) is 0 Å². The summed E-state index contributed by atoms with van der Waals surface area (Å²) in [7, 11) is -8.23. The Morgan fingerprint density at radius 1 is 0.941 bits per heavy atom. The number of hydrogen-bond donors (Lipinski definition) is 3. The molecule has 1 rings (SSSR count). The van der Waals surface area contributed by atoms with Crippen molar-refractivity contribution in [1.29, 1.82) is 0 Å². The molecule has 2 atom stereocenters. The van der Waals surface area contributed by atoms with Crippen molar-refractivity contribution in [2.45, 2.75) is 0 Å². The Hall–Kier alpha value is 1.78. The predicted octanol–water partition coefficient (Wildman–Crippen LogP) is -7.17. The van der Waals surface area contributed by atoms with Crippen molar-refractivity contribution in [3.8, 4) is 0 Å². The molecule has 7 nitrogen and oxygen atoms in total. The summed E-state index contributed by atoms with van der Waals surface area (Å²) in [6, 6.07) is 0. The second-order valence-corrected chi connectivity index (χ2v) is 6.67. The van der Waals surface area contributed by atoms with Crippen molar-refractivity contribution < 1.29 is 87.9 Å². The van der Waals surface area contributed by atoms with Crippen LogP contribution in [0.15, 0.2) is 0 Å². The first kappa shape index (κ1) is 21.1. The number of nitrogens with one attached hydrogen (secondary N) is 1. The van der Waals surface area contributed by atoms with E-state index in [1.165, 1.54) is 0 Å². The van der Waals surface area contributed by atoms with Gasteiger partial charge >= 0.3 is 59.1 Å². The van der Waals surface area contributed by atoms with Crippen molar-refractivity contribution in [2.24, 2.45) is 11.8 Å². The molecule has 11 heteroatoms. The fourth-order valence-corrected chi connectivity index (χ4v) is 3.58. The summed E-state index contributed by atoms with van der Waals surface area (Å²) in [6.07, 6.45) is 0. The van der Waals surface area contributed by atoms with Crippen LogP contribution in [-0.4, -0.2) is 50.5 Å². The van der Waals surface area contributed by atoms with Gasteiger partial charge < -0.3 is 8.17 Å². The molecule has 1 aliphatic rings.